The van der Waals surface area contributed by atoms with Gasteiger partial charge in [-0.1, -0.05) is 11.6 Å². The Morgan fingerprint density at radius 1 is 1.00 bits per heavy atom. The monoisotopic (exact) mass is 378 g/mol. The maximum atomic E-state index is 12.6. The second-order valence-corrected chi connectivity index (χ2v) is 6.45. The molecule has 0 unspecified atom stereocenters. The average molecular weight is 378 g/mol. The molecule has 0 bridgehead atoms. The van der Waals surface area contributed by atoms with E-state index in [0.717, 1.165) is 16.8 Å². The Morgan fingerprint density at radius 3 is 2.25 bits per heavy atom. The number of aromatic nitrogens is 2. The highest BCUT2D eigenvalue weighted by molar-refractivity contribution is 6.03. The van der Waals surface area contributed by atoms with Crippen molar-refractivity contribution < 1.29 is 14.3 Å². The summed E-state index contributed by atoms with van der Waals surface area (Å²) < 4.78 is 7.10. The summed E-state index contributed by atoms with van der Waals surface area (Å²) in [4.78, 5) is 23.7. The molecule has 1 heterocycles. The lowest BCUT2D eigenvalue weighted by Gasteiger charge is -2.09. The van der Waals surface area contributed by atoms with Crippen LogP contribution in [-0.2, 0) is 11.8 Å². The van der Waals surface area contributed by atoms with Crippen molar-refractivity contribution in [2.24, 2.45) is 7.05 Å². The van der Waals surface area contributed by atoms with E-state index in [1.54, 1.807) is 49.2 Å². The van der Waals surface area contributed by atoms with Gasteiger partial charge in [0.05, 0.1) is 12.8 Å². The number of anilines is 2. The zero-order valence-corrected chi connectivity index (χ0v) is 16.2. The Hall–Kier alpha value is -3.61. The molecular formula is C21H22N4O3. The number of rotatable bonds is 5. The predicted molar refractivity (Wildman–Crippen MR) is 109 cm³/mol. The van der Waals surface area contributed by atoms with Crippen LogP contribution in [0.5, 0.6) is 5.75 Å². The second kappa shape index (κ2) is 7.96. The molecule has 0 saturated heterocycles. The maximum Gasteiger partial charge on any atom is 0.276 e. The Bertz CT molecular complexity index is 1020. The maximum absolute atomic E-state index is 12.6. The summed E-state index contributed by atoms with van der Waals surface area (Å²) in [7, 11) is 3.40. The van der Waals surface area contributed by atoms with Crippen molar-refractivity contribution in [3.8, 4) is 17.0 Å². The number of hydrogen-bond acceptors (Lipinski definition) is 4. The third kappa shape index (κ3) is 4.20. The first kappa shape index (κ1) is 19.2. The smallest absolute Gasteiger partial charge is 0.276 e. The predicted octanol–water partition coefficient (Wildman–Crippen LogP) is 3.61. The molecule has 0 saturated carbocycles. The van der Waals surface area contributed by atoms with Gasteiger partial charge in [0.15, 0.2) is 5.69 Å². The zero-order valence-electron chi connectivity index (χ0n) is 16.2. The normalized spacial score (nSPS) is 10.4. The Morgan fingerprint density at radius 2 is 1.64 bits per heavy atom. The summed E-state index contributed by atoms with van der Waals surface area (Å²) in [5.74, 6) is 0.249. The van der Waals surface area contributed by atoms with Crippen molar-refractivity contribution in [3.05, 3.63) is 59.8 Å². The topological polar surface area (TPSA) is 85.2 Å². The van der Waals surface area contributed by atoms with Crippen LogP contribution in [0.4, 0.5) is 11.4 Å². The number of amides is 2. The minimum Gasteiger partial charge on any atom is -0.496 e. The minimum absolute atomic E-state index is 0.149. The number of nitrogens with zero attached hydrogens (tertiary/aromatic N) is 2. The van der Waals surface area contributed by atoms with E-state index < -0.39 is 0 Å². The lowest BCUT2D eigenvalue weighted by molar-refractivity contribution is -0.114. The highest BCUT2D eigenvalue weighted by Crippen LogP contribution is 2.31. The quantitative estimate of drug-likeness (QED) is 0.710. The van der Waals surface area contributed by atoms with E-state index in [-0.39, 0.29) is 11.8 Å². The molecule has 3 aromatic rings. The Kier molecular flexibility index (Phi) is 5.44. The molecule has 0 fully saturated rings. The standard InChI is InChI=1S/C21H22N4O3/c1-13-5-10-20(28-4)17(11-13)19-12-18(24-25(19)3)21(27)23-16-8-6-15(7-9-16)22-14(2)26/h5-12H,1-4H3,(H,22,26)(H,23,27). The fourth-order valence-corrected chi connectivity index (χ4v) is 2.89. The lowest BCUT2D eigenvalue weighted by atomic mass is 10.1. The second-order valence-electron chi connectivity index (χ2n) is 6.45. The van der Waals surface area contributed by atoms with Gasteiger partial charge in [0, 0.05) is 30.9 Å². The molecule has 0 aliphatic heterocycles. The first-order chi connectivity index (χ1) is 13.4. The van der Waals surface area contributed by atoms with Crippen LogP contribution in [0.15, 0.2) is 48.5 Å². The molecule has 7 heteroatoms. The molecule has 0 aliphatic rings. The van der Waals surface area contributed by atoms with Crippen LogP contribution < -0.4 is 15.4 Å². The van der Waals surface area contributed by atoms with Gasteiger partial charge in [-0.3, -0.25) is 14.3 Å². The fraction of sp³-hybridized carbons (Fsp3) is 0.190. The number of nitrogens with one attached hydrogen (secondary N) is 2. The molecular weight excluding hydrogens is 356 g/mol. The van der Waals surface area contributed by atoms with E-state index in [1.165, 1.54) is 6.92 Å². The number of aryl methyl sites for hydroxylation is 2. The van der Waals surface area contributed by atoms with Gasteiger partial charge in [-0.2, -0.15) is 5.10 Å². The van der Waals surface area contributed by atoms with Crippen molar-refractivity contribution in [2.75, 3.05) is 17.7 Å². The molecule has 0 radical (unpaired) electrons. The summed E-state index contributed by atoms with van der Waals surface area (Å²) in [5.41, 5.74) is 4.31. The molecule has 144 valence electrons. The molecule has 3 rings (SSSR count). The molecule has 0 atom stereocenters. The summed E-state index contributed by atoms with van der Waals surface area (Å²) in [6.07, 6.45) is 0. The van der Waals surface area contributed by atoms with Crippen molar-refractivity contribution in [1.82, 2.24) is 9.78 Å². The first-order valence-corrected chi connectivity index (χ1v) is 8.75. The van der Waals surface area contributed by atoms with Crippen LogP contribution in [-0.4, -0.2) is 28.7 Å². The highest BCUT2D eigenvalue weighted by atomic mass is 16.5. The Labute approximate surface area is 163 Å². The summed E-state index contributed by atoms with van der Waals surface area (Å²) >= 11 is 0. The molecule has 7 nitrogen and oxygen atoms in total. The van der Waals surface area contributed by atoms with Gasteiger partial charge in [-0.25, -0.2) is 0 Å². The van der Waals surface area contributed by atoms with Crippen molar-refractivity contribution in [1.29, 1.82) is 0 Å². The molecule has 2 N–H and O–H groups in total. The van der Waals surface area contributed by atoms with Crippen molar-refractivity contribution in [3.63, 3.8) is 0 Å². The third-order valence-corrected chi connectivity index (χ3v) is 4.21. The molecule has 28 heavy (non-hydrogen) atoms. The largest absolute Gasteiger partial charge is 0.496 e. The molecule has 1 aromatic heterocycles. The van der Waals surface area contributed by atoms with Crippen LogP contribution in [0.2, 0.25) is 0 Å². The number of ether oxygens (including phenoxy) is 1. The summed E-state index contributed by atoms with van der Waals surface area (Å²) in [6.45, 7) is 3.44. The third-order valence-electron chi connectivity index (χ3n) is 4.21. The van der Waals surface area contributed by atoms with Gasteiger partial charge in [0.25, 0.3) is 5.91 Å². The minimum atomic E-state index is -0.319. The van der Waals surface area contributed by atoms with Crippen molar-refractivity contribution >= 4 is 23.2 Å². The Balaban J connectivity index is 1.82. The van der Waals surface area contributed by atoms with Gasteiger partial charge >= 0.3 is 0 Å². The molecule has 0 spiro atoms. The average Bonchev–Trinajstić information content (AvgIpc) is 3.04. The van der Waals surface area contributed by atoms with Crippen LogP contribution in [0, 0.1) is 6.92 Å². The number of methoxy groups -OCH3 is 1. The summed E-state index contributed by atoms with van der Waals surface area (Å²) in [6, 6.07) is 14.5. The SMILES string of the molecule is COc1ccc(C)cc1-c1cc(C(=O)Nc2ccc(NC(C)=O)cc2)nn1C. The lowest BCUT2D eigenvalue weighted by Crippen LogP contribution is -2.13. The van der Waals surface area contributed by atoms with Crippen LogP contribution in [0.1, 0.15) is 23.0 Å². The van der Waals surface area contributed by atoms with Crippen molar-refractivity contribution in [2.45, 2.75) is 13.8 Å². The zero-order chi connectivity index (χ0) is 20.3. The number of carbonyl (C=O) groups is 2. The molecule has 0 aliphatic carbocycles. The van der Waals surface area contributed by atoms with E-state index in [4.69, 9.17) is 4.74 Å². The van der Waals surface area contributed by atoms with E-state index in [2.05, 4.69) is 15.7 Å². The summed E-state index contributed by atoms with van der Waals surface area (Å²) in [5, 5.41) is 9.83. The molecule has 2 aromatic carbocycles. The molecule has 2 amide bonds. The van der Waals surface area contributed by atoms with E-state index in [9.17, 15) is 9.59 Å². The van der Waals surface area contributed by atoms with E-state index in [1.807, 2.05) is 25.1 Å². The van der Waals surface area contributed by atoms with Gasteiger partial charge in [0.1, 0.15) is 5.75 Å². The van der Waals surface area contributed by atoms with Gasteiger partial charge in [0.2, 0.25) is 5.91 Å². The van der Waals surface area contributed by atoms with Crippen LogP contribution in [0.25, 0.3) is 11.3 Å². The van der Waals surface area contributed by atoms with Gasteiger partial charge in [-0.15, -0.1) is 0 Å². The number of benzene rings is 2. The van der Waals surface area contributed by atoms with Crippen LogP contribution >= 0.6 is 0 Å². The number of hydrogen-bond donors (Lipinski definition) is 2. The highest BCUT2D eigenvalue weighted by Gasteiger charge is 2.17. The van der Waals surface area contributed by atoms with Crippen LogP contribution in [0.3, 0.4) is 0 Å². The van der Waals surface area contributed by atoms with E-state index in [0.29, 0.717) is 22.8 Å². The number of carbonyl (C=O) groups excluding carboxylic acids is 2. The fourth-order valence-electron chi connectivity index (χ4n) is 2.89. The van der Waals surface area contributed by atoms with Gasteiger partial charge < -0.3 is 15.4 Å². The van der Waals surface area contributed by atoms with E-state index >= 15 is 0 Å². The first-order valence-electron chi connectivity index (χ1n) is 8.75. The van der Waals surface area contributed by atoms with Gasteiger partial charge in [-0.05, 0) is 49.4 Å².